The highest BCUT2D eigenvalue weighted by molar-refractivity contribution is 6.31. The number of hydrogen-bond donors (Lipinski definition) is 1. The molecule has 2 heterocycles. The van der Waals surface area contributed by atoms with Gasteiger partial charge in [0.1, 0.15) is 6.04 Å². The quantitative estimate of drug-likeness (QED) is 0.758. The number of carbonyl (C=O) groups excluding carboxylic acids is 1. The summed E-state index contributed by atoms with van der Waals surface area (Å²) in [4.78, 5) is 12.4. The third-order valence-electron chi connectivity index (χ3n) is 3.95. The van der Waals surface area contributed by atoms with E-state index in [1.165, 1.54) is 5.56 Å². The van der Waals surface area contributed by atoms with Gasteiger partial charge in [-0.25, -0.2) is 0 Å². The molecule has 7 heteroatoms. The molecule has 0 bridgehead atoms. The molecule has 0 saturated heterocycles. The lowest BCUT2D eigenvalue weighted by molar-refractivity contribution is -0.119. The van der Waals surface area contributed by atoms with Crippen LogP contribution in [0, 0.1) is 13.8 Å². The van der Waals surface area contributed by atoms with Crippen molar-refractivity contribution in [2.45, 2.75) is 33.4 Å². The molecule has 1 atom stereocenters. The molecular weight excluding hydrogens is 338 g/mol. The Morgan fingerprint density at radius 2 is 2.08 bits per heavy atom. The number of rotatable bonds is 5. The average molecular weight is 358 g/mol. The summed E-state index contributed by atoms with van der Waals surface area (Å²) in [6, 6.07) is 9.55. The van der Waals surface area contributed by atoms with Crippen molar-refractivity contribution in [1.29, 1.82) is 0 Å². The zero-order valence-electron chi connectivity index (χ0n) is 14.4. The minimum atomic E-state index is -0.479. The van der Waals surface area contributed by atoms with E-state index in [1.807, 2.05) is 12.3 Å². The number of halogens is 1. The maximum atomic E-state index is 12.4. The van der Waals surface area contributed by atoms with Gasteiger partial charge in [-0.1, -0.05) is 41.4 Å². The first-order valence-electron chi connectivity index (χ1n) is 8.03. The Hall–Kier alpha value is -2.60. The van der Waals surface area contributed by atoms with Crippen LogP contribution in [0.15, 0.2) is 42.7 Å². The summed E-state index contributed by atoms with van der Waals surface area (Å²) in [6.45, 7) is 6.28. The Labute approximate surface area is 151 Å². The molecule has 1 unspecified atom stereocenters. The van der Waals surface area contributed by atoms with Gasteiger partial charge in [-0.15, -0.1) is 0 Å². The fraction of sp³-hybridized carbons (Fsp3) is 0.278. The standard InChI is InChI=1S/C18H20ClN5O/c1-12-5-4-6-15(9-12)10-23-8-7-17(22-23)20-18(25)14(3)24-11-16(19)13(2)21-24/h4-9,11,14H,10H2,1-3H3,(H,20,22,25). The fourth-order valence-electron chi connectivity index (χ4n) is 2.52. The van der Waals surface area contributed by atoms with E-state index in [0.29, 0.717) is 23.1 Å². The van der Waals surface area contributed by atoms with Gasteiger partial charge in [0.15, 0.2) is 5.82 Å². The van der Waals surface area contributed by atoms with E-state index >= 15 is 0 Å². The number of anilines is 1. The van der Waals surface area contributed by atoms with Crippen molar-refractivity contribution in [2.75, 3.05) is 5.32 Å². The third kappa shape index (κ3) is 4.09. The summed E-state index contributed by atoms with van der Waals surface area (Å²) in [5.41, 5.74) is 3.07. The number of hydrogen-bond acceptors (Lipinski definition) is 3. The van der Waals surface area contributed by atoms with Crippen molar-refractivity contribution in [3.8, 4) is 0 Å². The number of carbonyl (C=O) groups is 1. The van der Waals surface area contributed by atoms with Crippen LogP contribution in [0.1, 0.15) is 29.8 Å². The second kappa shape index (κ2) is 7.11. The molecule has 1 amide bonds. The lowest BCUT2D eigenvalue weighted by atomic mass is 10.1. The van der Waals surface area contributed by atoms with Gasteiger partial charge in [0, 0.05) is 18.5 Å². The molecule has 0 aliphatic carbocycles. The minimum absolute atomic E-state index is 0.194. The summed E-state index contributed by atoms with van der Waals surface area (Å²) in [5.74, 6) is 0.319. The van der Waals surface area contributed by atoms with Crippen LogP contribution >= 0.6 is 11.6 Å². The first-order valence-corrected chi connectivity index (χ1v) is 8.41. The molecule has 0 aliphatic rings. The summed E-state index contributed by atoms with van der Waals surface area (Å²) in [7, 11) is 0. The van der Waals surface area contributed by atoms with Gasteiger partial charge in [0.2, 0.25) is 5.91 Å². The molecular formula is C18H20ClN5O. The van der Waals surface area contributed by atoms with E-state index < -0.39 is 6.04 Å². The third-order valence-corrected chi connectivity index (χ3v) is 4.32. The van der Waals surface area contributed by atoms with Crippen molar-refractivity contribution >= 4 is 23.3 Å². The van der Waals surface area contributed by atoms with E-state index in [2.05, 4.69) is 40.6 Å². The van der Waals surface area contributed by atoms with Crippen molar-refractivity contribution in [3.63, 3.8) is 0 Å². The van der Waals surface area contributed by atoms with E-state index in [0.717, 1.165) is 5.56 Å². The lowest BCUT2D eigenvalue weighted by Crippen LogP contribution is -2.24. The molecule has 3 rings (SSSR count). The van der Waals surface area contributed by atoms with Crippen LogP contribution in [-0.2, 0) is 11.3 Å². The molecule has 130 valence electrons. The van der Waals surface area contributed by atoms with Crippen LogP contribution < -0.4 is 5.32 Å². The monoisotopic (exact) mass is 357 g/mol. The predicted octanol–water partition coefficient (Wildman–Crippen LogP) is 3.60. The van der Waals surface area contributed by atoms with E-state index in [-0.39, 0.29) is 5.91 Å². The molecule has 6 nitrogen and oxygen atoms in total. The molecule has 25 heavy (non-hydrogen) atoms. The second-order valence-electron chi connectivity index (χ2n) is 6.10. The van der Waals surface area contributed by atoms with Crippen LogP contribution in [0.25, 0.3) is 0 Å². The van der Waals surface area contributed by atoms with Gasteiger partial charge in [0.25, 0.3) is 0 Å². The van der Waals surface area contributed by atoms with Gasteiger partial charge >= 0.3 is 0 Å². The van der Waals surface area contributed by atoms with Gasteiger partial charge < -0.3 is 5.32 Å². The van der Waals surface area contributed by atoms with Gasteiger partial charge in [0.05, 0.1) is 17.3 Å². The van der Waals surface area contributed by atoms with E-state index in [4.69, 9.17) is 11.6 Å². The fourth-order valence-corrected chi connectivity index (χ4v) is 2.66. The molecule has 0 radical (unpaired) electrons. The zero-order valence-corrected chi connectivity index (χ0v) is 15.2. The van der Waals surface area contributed by atoms with Crippen molar-refractivity contribution in [2.24, 2.45) is 0 Å². The number of aryl methyl sites for hydroxylation is 2. The number of benzene rings is 1. The number of amides is 1. The largest absolute Gasteiger partial charge is 0.307 e. The van der Waals surface area contributed by atoms with Crippen molar-refractivity contribution in [1.82, 2.24) is 19.6 Å². The highest BCUT2D eigenvalue weighted by Crippen LogP contribution is 2.17. The van der Waals surface area contributed by atoms with Gasteiger partial charge in [-0.05, 0) is 26.3 Å². The molecule has 0 fully saturated rings. The van der Waals surface area contributed by atoms with Crippen LogP contribution in [0.5, 0.6) is 0 Å². The smallest absolute Gasteiger partial charge is 0.250 e. The Bertz CT molecular complexity index is 879. The second-order valence-corrected chi connectivity index (χ2v) is 6.50. The zero-order chi connectivity index (χ0) is 18.0. The Kier molecular flexibility index (Phi) is 4.90. The maximum Gasteiger partial charge on any atom is 0.250 e. The van der Waals surface area contributed by atoms with E-state index in [1.54, 1.807) is 35.5 Å². The first-order chi connectivity index (χ1) is 11.9. The van der Waals surface area contributed by atoms with Gasteiger partial charge in [-0.2, -0.15) is 10.2 Å². The molecule has 0 spiro atoms. The SMILES string of the molecule is Cc1cccc(Cn2ccc(NC(=O)C(C)n3cc(Cl)c(C)n3)n2)c1. The first kappa shape index (κ1) is 17.2. The summed E-state index contributed by atoms with van der Waals surface area (Å²) in [6.07, 6.45) is 3.50. The topological polar surface area (TPSA) is 64.7 Å². The number of nitrogens with one attached hydrogen (secondary N) is 1. The van der Waals surface area contributed by atoms with Crippen molar-refractivity contribution in [3.05, 3.63) is 64.6 Å². The summed E-state index contributed by atoms with van der Waals surface area (Å²) < 4.78 is 3.35. The molecule has 1 N–H and O–H groups in total. The van der Waals surface area contributed by atoms with E-state index in [9.17, 15) is 4.79 Å². The Morgan fingerprint density at radius 3 is 2.76 bits per heavy atom. The number of aromatic nitrogens is 4. The maximum absolute atomic E-state index is 12.4. The molecule has 0 aliphatic heterocycles. The molecule has 1 aromatic carbocycles. The average Bonchev–Trinajstić information content (AvgIpc) is 3.13. The highest BCUT2D eigenvalue weighted by Gasteiger charge is 2.18. The molecule has 3 aromatic rings. The summed E-state index contributed by atoms with van der Waals surface area (Å²) in [5, 5.41) is 12.0. The minimum Gasteiger partial charge on any atom is -0.307 e. The normalized spacial score (nSPS) is 12.2. The summed E-state index contributed by atoms with van der Waals surface area (Å²) >= 11 is 6.00. The number of nitrogens with zero attached hydrogens (tertiary/aromatic N) is 4. The van der Waals surface area contributed by atoms with Crippen LogP contribution in [0.2, 0.25) is 5.02 Å². The molecule has 0 saturated carbocycles. The highest BCUT2D eigenvalue weighted by atomic mass is 35.5. The van der Waals surface area contributed by atoms with Crippen LogP contribution in [0.4, 0.5) is 5.82 Å². The predicted molar refractivity (Wildman–Crippen MR) is 97.8 cm³/mol. The Morgan fingerprint density at radius 1 is 1.28 bits per heavy atom. The van der Waals surface area contributed by atoms with Crippen LogP contribution in [-0.4, -0.2) is 25.5 Å². The van der Waals surface area contributed by atoms with Crippen LogP contribution in [0.3, 0.4) is 0 Å². The van der Waals surface area contributed by atoms with Gasteiger partial charge in [-0.3, -0.25) is 14.2 Å². The lowest BCUT2D eigenvalue weighted by Gasteiger charge is -2.11. The Balaban J connectivity index is 1.65. The van der Waals surface area contributed by atoms with Crippen molar-refractivity contribution < 1.29 is 4.79 Å². The molecule has 2 aromatic heterocycles.